The van der Waals surface area contributed by atoms with Gasteiger partial charge in [0.2, 0.25) is 0 Å². The van der Waals surface area contributed by atoms with Crippen LogP contribution in [0.25, 0.3) is 11.0 Å². The first-order chi connectivity index (χ1) is 14.0. The van der Waals surface area contributed by atoms with Crippen molar-refractivity contribution in [1.29, 1.82) is 0 Å². The van der Waals surface area contributed by atoms with Gasteiger partial charge in [0.15, 0.2) is 10.9 Å². The van der Waals surface area contributed by atoms with Gasteiger partial charge in [-0.25, -0.2) is 4.79 Å². The van der Waals surface area contributed by atoms with Gasteiger partial charge in [0, 0.05) is 16.1 Å². The second-order valence-corrected chi connectivity index (χ2v) is 7.11. The maximum absolute atomic E-state index is 12.3. The lowest BCUT2D eigenvalue weighted by molar-refractivity contribution is 0.0499. The van der Waals surface area contributed by atoms with Crippen LogP contribution in [0.5, 0.6) is 0 Å². The summed E-state index contributed by atoms with van der Waals surface area (Å²) in [6, 6.07) is 13.3. The van der Waals surface area contributed by atoms with Crippen molar-refractivity contribution in [2.24, 2.45) is 0 Å². The molecule has 1 aromatic heterocycles. The lowest BCUT2D eigenvalue weighted by Crippen LogP contribution is -2.33. The first-order valence-corrected chi connectivity index (χ1v) is 9.83. The molecule has 0 atom stereocenters. The molecule has 0 aliphatic rings. The largest absolute Gasteiger partial charge is 0.462 e. The summed E-state index contributed by atoms with van der Waals surface area (Å²) >= 11 is 11.1. The van der Waals surface area contributed by atoms with Gasteiger partial charge in [-0.1, -0.05) is 24.9 Å². The molecule has 0 aliphatic carbocycles. The molecule has 0 fully saturated rings. The minimum Gasteiger partial charge on any atom is -0.462 e. The molecule has 1 amide bonds. The van der Waals surface area contributed by atoms with Gasteiger partial charge in [0.1, 0.15) is 5.58 Å². The van der Waals surface area contributed by atoms with Gasteiger partial charge >= 0.3 is 5.97 Å². The standard InChI is InChI=1S/C21H19ClN2O4S/c1-2-3-10-27-20(26)13-4-7-16(8-5-13)23-21(29)24-19(25)18-12-14-11-15(22)6-9-17(14)28-18/h4-9,11-12H,2-3,10H2,1H3,(H2,23,24,25,29). The molecule has 1 heterocycles. The van der Waals surface area contributed by atoms with Crippen LogP contribution in [-0.4, -0.2) is 23.6 Å². The normalized spacial score (nSPS) is 10.6. The Bertz CT molecular complexity index is 1050. The van der Waals surface area contributed by atoms with Crippen LogP contribution >= 0.6 is 23.8 Å². The number of unbranched alkanes of at least 4 members (excludes halogenated alkanes) is 1. The smallest absolute Gasteiger partial charge is 0.338 e. The zero-order valence-corrected chi connectivity index (χ0v) is 17.2. The summed E-state index contributed by atoms with van der Waals surface area (Å²) in [4.78, 5) is 24.2. The molecule has 0 radical (unpaired) electrons. The van der Waals surface area contributed by atoms with E-state index in [0.29, 0.717) is 28.5 Å². The van der Waals surface area contributed by atoms with Gasteiger partial charge < -0.3 is 14.5 Å². The fourth-order valence-electron chi connectivity index (χ4n) is 2.54. The topological polar surface area (TPSA) is 80.6 Å². The van der Waals surface area contributed by atoms with E-state index in [2.05, 4.69) is 10.6 Å². The zero-order valence-electron chi connectivity index (χ0n) is 15.7. The van der Waals surface area contributed by atoms with E-state index in [1.807, 2.05) is 6.92 Å². The highest BCUT2D eigenvalue weighted by Crippen LogP contribution is 2.23. The fraction of sp³-hybridized carbons (Fsp3) is 0.190. The summed E-state index contributed by atoms with van der Waals surface area (Å²) in [6.45, 7) is 2.43. The number of ether oxygens (including phenoxy) is 1. The van der Waals surface area contributed by atoms with E-state index in [9.17, 15) is 9.59 Å². The highest BCUT2D eigenvalue weighted by atomic mass is 35.5. The molecule has 6 nitrogen and oxygen atoms in total. The number of anilines is 1. The van der Waals surface area contributed by atoms with Crippen LogP contribution in [0, 0.1) is 0 Å². The van der Waals surface area contributed by atoms with Crippen molar-refractivity contribution in [3.8, 4) is 0 Å². The number of halogens is 1. The minimum atomic E-state index is -0.481. The van der Waals surface area contributed by atoms with E-state index < -0.39 is 5.91 Å². The SMILES string of the molecule is CCCCOC(=O)c1ccc(NC(=S)NC(=O)c2cc3cc(Cl)ccc3o2)cc1. The van der Waals surface area contributed by atoms with Crippen molar-refractivity contribution in [3.63, 3.8) is 0 Å². The molecule has 0 saturated carbocycles. The monoisotopic (exact) mass is 430 g/mol. The number of nitrogens with one attached hydrogen (secondary N) is 2. The molecule has 0 bridgehead atoms. The average Bonchev–Trinajstić information content (AvgIpc) is 3.12. The Labute approximate surface area is 178 Å². The Kier molecular flexibility index (Phi) is 6.85. The fourth-order valence-corrected chi connectivity index (χ4v) is 2.93. The van der Waals surface area contributed by atoms with E-state index in [1.54, 1.807) is 48.5 Å². The molecular formula is C21H19ClN2O4S. The number of carbonyl (C=O) groups excluding carboxylic acids is 2. The van der Waals surface area contributed by atoms with E-state index in [-0.39, 0.29) is 16.8 Å². The van der Waals surface area contributed by atoms with Crippen LogP contribution in [-0.2, 0) is 4.74 Å². The number of furan rings is 1. The molecule has 0 unspecified atom stereocenters. The maximum atomic E-state index is 12.3. The Hall–Kier alpha value is -2.90. The van der Waals surface area contributed by atoms with E-state index >= 15 is 0 Å². The second-order valence-electron chi connectivity index (χ2n) is 6.27. The Morgan fingerprint density at radius 3 is 2.62 bits per heavy atom. The first-order valence-electron chi connectivity index (χ1n) is 9.05. The molecule has 2 N–H and O–H groups in total. The van der Waals surface area contributed by atoms with Crippen LogP contribution in [0.1, 0.15) is 40.7 Å². The molecule has 3 rings (SSSR count). The summed E-state index contributed by atoms with van der Waals surface area (Å²) in [7, 11) is 0. The van der Waals surface area contributed by atoms with Crippen LogP contribution in [0.4, 0.5) is 5.69 Å². The molecule has 0 aliphatic heterocycles. The molecular weight excluding hydrogens is 412 g/mol. The van der Waals surface area contributed by atoms with Gasteiger partial charge in [0.05, 0.1) is 12.2 Å². The van der Waals surface area contributed by atoms with Crippen molar-refractivity contribution in [1.82, 2.24) is 5.32 Å². The van der Waals surface area contributed by atoms with Gasteiger partial charge in [-0.05, 0) is 67.2 Å². The predicted molar refractivity (Wildman–Crippen MR) is 117 cm³/mol. The van der Waals surface area contributed by atoms with E-state index in [1.165, 1.54) is 0 Å². The van der Waals surface area contributed by atoms with Crippen LogP contribution in [0.3, 0.4) is 0 Å². The molecule has 2 aromatic carbocycles. The number of fused-ring (bicyclic) bond motifs is 1. The van der Waals surface area contributed by atoms with Crippen LogP contribution in [0.15, 0.2) is 52.9 Å². The number of benzene rings is 2. The lowest BCUT2D eigenvalue weighted by atomic mass is 10.2. The Balaban J connectivity index is 1.56. The number of amides is 1. The summed E-state index contributed by atoms with van der Waals surface area (Å²) in [5.41, 5.74) is 1.62. The average molecular weight is 431 g/mol. The molecule has 8 heteroatoms. The quantitative estimate of drug-likeness (QED) is 0.319. The molecule has 0 spiro atoms. The van der Waals surface area contributed by atoms with Gasteiger partial charge in [-0.2, -0.15) is 0 Å². The van der Waals surface area contributed by atoms with Gasteiger partial charge in [0.25, 0.3) is 5.91 Å². The number of rotatable bonds is 6. The number of hydrogen-bond acceptors (Lipinski definition) is 5. The third-order valence-electron chi connectivity index (χ3n) is 4.04. The van der Waals surface area contributed by atoms with E-state index in [0.717, 1.165) is 18.2 Å². The third kappa shape index (κ3) is 5.56. The third-order valence-corrected chi connectivity index (χ3v) is 4.48. The molecule has 3 aromatic rings. The summed E-state index contributed by atoms with van der Waals surface area (Å²) < 4.78 is 10.7. The number of hydrogen-bond donors (Lipinski definition) is 2. The summed E-state index contributed by atoms with van der Waals surface area (Å²) in [5, 5.41) is 6.83. The second kappa shape index (κ2) is 9.54. The zero-order chi connectivity index (χ0) is 20.8. The predicted octanol–water partition coefficient (Wildman–Crippen LogP) is 5.17. The highest BCUT2D eigenvalue weighted by molar-refractivity contribution is 7.80. The van der Waals surface area contributed by atoms with Crippen molar-refractivity contribution >= 4 is 57.5 Å². The van der Waals surface area contributed by atoms with Crippen molar-refractivity contribution in [2.45, 2.75) is 19.8 Å². The summed E-state index contributed by atoms with van der Waals surface area (Å²) in [5.74, 6) is -0.728. The number of carbonyl (C=O) groups is 2. The van der Waals surface area contributed by atoms with Gasteiger partial charge in [-0.3, -0.25) is 10.1 Å². The first kappa shape index (κ1) is 20.8. The number of thiocarbonyl (C=S) groups is 1. The van der Waals surface area contributed by atoms with E-state index in [4.69, 9.17) is 33.0 Å². The Morgan fingerprint density at radius 1 is 1.14 bits per heavy atom. The summed E-state index contributed by atoms with van der Waals surface area (Å²) in [6.07, 6.45) is 1.79. The molecule has 150 valence electrons. The van der Waals surface area contributed by atoms with Crippen LogP contribution in [0.2, 0.25) is 5.02 Å². The van der Waals surface area contributed by atoms with Gasteiger partial charge in [-0.15, -0.1) is 0 Å². The Morgan fingerprint density at radius 2 is 1.90 bits per heavy atom. The highest BCUT2D eigenvalue weighted by Gasteiger charge is 2.14. The molecule has 0 saturated heterocycles. The maximum Gasteiger partial charge on any atom is 0.338 e. The van der Waals surface area contributed by atoms with Crippen molar-refractivity contribution in [3.05, 3.63) is 64.9 Å². The number of esters is 1. The molecule has 29 heavy (non-hydrogen) atoms. The minimum absolute atomic E-state index is 0.103. The van der Waals surface area contributed by atoms with Crippen LogP contribution < -0.4 is 10.6 Å². The van der Waals surface area contributed by atoms with Crippen molar-refractivity contribution < 1.29 is 18.7 Å². The van der Waals surface area contributed by atoms with Crippen molar-refractivity contribution in [2.75, 3.05) is 11.9 Å². The lowest BCUT2D eigenvalue weighted by Gasteiger charge is -2.09.